The van der Waals surface area contributed by atoms with Crippen LogP contribution in [-0.2, 0) is 0 Å². The van der Waals surface area contributed by atoms with Gasteiger partial charge in [-0.05, 0) is 49.4 Å². The van der Waals surface area contributed by atoms with E-state index in [4.69, 9.17) is 4.74 Å². The predicted molar refractivity (Wildman–Crippen MR) is 133 cm³/mol. The Hall–Kier alpha value is -2.03. The zero-order valence-corrected chi connectivity index (χ0v) is 20.1. The summed E-state index contributed by atoms with van der Waals surface area (Å²) >= 11 is 0. The van der Waals surface area contributed by atoms with Gasteiger partial charge in [0.1, 0.15) is 11.6 Å². The molecule has 0 bridgehead atoms. The second kappa shape index (κ2) is 10.8. The Morgan fingerprint density at radius 3 is 2.70 bits per heavy atom. The van der Waals surface area contributed by atoms with Crippen molar-refractivity contribution in [2.24, 2.45) is 4.99 Å². The summed E-state index contributed by atoms with van der Waals surface area (Å²) in [7, 11) is 1.85. The fraction of sp³-hybridized carbons (Fsp3) is 0.478. The van der Waals surface area contributed by atoms with Gasteiger partial charge in [-0.2, -0.15) is 0 Å². The molecule has 1 fully saturated rings. The van der Waals surface area contributed by atoms with Crippen LogP contribution in [0.3, 0.4) is 0 Å². The zero-order chi connectivity index (χ0) is 20.1. The van der Waals surface area contributed by atoms with Crippen LogP contribution in [0.2, 0.25) is 0 Å². The van der Waals surface area contributed by atoms with Crippen LogP contribution in [-0.4, -0.2) is 50.3 Å². The lowest BCUT2D eigenvalue weighted by molar-refractivity contribution is 0.267. The fourth-order valence-electron chi connectivity index (χ4n) is 4.14. The molecule has 30 heavy (non-hydrogen) atoms. The molecule has 2 aromatic rings. The van der Waals surface area contributed by atoms with E-state index in [-0.39, 0.29) is 24.0 Å². The van der Waals surface area contributed by atoms with Gasteiger partial charge < -0.3 is 20.3 Å². The van der Waals surface area contributed by atoms with E-state index in [1.54, 1.807) is 0 Å². The molecule has 0 saturated carbocycles. The van der Waals surface area contributed by atoms with Gasteiger partial charge in [0.2, 0.25) is 0 Å². The van der Waals surface area contributed by atoms with Crippen LogP contribution in [0.4, 0.5) is 5.82 Å². The smallest absolute Gasteiger partial charge is 0.191 e. The Morgan fingerprint density at radius 1 is 1.17 bits per heavy atom. The second-order valence-corrected chi connectivity index (χ2v) is 7.92. The third kappa shape index (κ3) is 5.56. The largest absolute Gasteiger partial charge is 0.493 e. The van der Waals surface area contributed by atoms with Crippen molar-refractivity contribution in [3.05, 3.63) is 53.7 Å². The maximum atomic E-state index is 5.78. The van der Waals surface area contributed by atoms with Crippen molar-refractivity contribution in [1.29, 1.82) is 0 Å². The van der Waals surface area contributed by atoms with Crippen LogP contribution in [0.25, 0.3) is 0 Å². The van der Waals surface area contributed by atoms with Crippen molar-refractivity contribution < 1.29 is 4.74 Å². The minimum atomic E-state index is 0. The number of nitrogens with zero attached hydrogens (tertiary/aromatic N) is 3. The van der Waals surface area contributed by atoms with Crippen LogP contribution in [0, 0.1) is 6.92 Å². The molecule has 1 aromatic carbocycles. The molecule has 0 spiro atoms. The highest BCUT2D eigenvalue weighted by Crippen LogP contribution is 2.32. The van der Waals surface area contributed by atoms with Gasteiger partial charge in [-0.15, -0.1) is 24.0 Å². The Labute approximate surface area is 196 Å². The summed E-state index contributed by atoms with van der Waals surface area (Å²) < 4.78 is 5.78. The number of guanidine groups is 1. The van der Waals surface area contributed by atoms with Crippen molar-refractivity contribution in [3.63, 3.8) is 0 Å². The normalized spacial score (nSPS) is 19.3. The Bertz CT molecular complexity index is 834. The van der Waals surface area contributed by atoms with Gasteiger partial charge >= 0.3 is 0 Å². The molecular formula is C23H32IN5O. The topological polar surface area (TPSA) is 61.8 Å². The van der Waals surface area contributed by atoms with Crippen LogP contribution < -0.4 is 20.3 Å². The Balaban J connectivity index is 0.00000256. The highest BCUT2D eigenvalue weighted by Gasteiger charge is 2.23. The Kier molecular flexibility index (Phi) is 8.18. The number of piperidine rings is 1. The average molecular weight is 521 g/mol. The molecule has 7 heteroatoms. The number of aromatic nitrogens is 1. The highest BCUT2D eigenvalue weighted by atomic mass is 127. The molecule has 4 rings (SSSR count). The molecule has 6 nitrogen and oxygen atoms in total. The molecule has 1 aromatic heterocycles. The fourth-order valence-corrected chi connectivity index (χ4v) is 4.14. The lowest BCUT2D eigenvalue weighted by atomic mass is 9.93. The second-order valence-electron chi connectivity index (χ2n) is 7.92. The summed E-state index contributed by atoms with van der Waals surface area (Å²) in [5, 5.41) is 7.14. The highest BCUT2D eigenvalue weighted by molar-refractivity contribution is 14.0. The van der Waals surface area contributed by atoms with E-state index < -0.39 is 0 Å². The van der Waals surface area contributed by atoms with Crippen molar-refractivity contribution in [1.82, 2.24) is 15.6 Å². The summed E-state index contributed by atoms with van der Waals surface area (Å²) in [4.78, 5) is 11.4. The third-order valence-corrected chi connectivity index (χ3v) is 5.88. The average Bonchev–Trinajstić information content (AvgIpc) is 2.77. The molecule has 1 saturated heterocycles. The lowest BCUT2D eigenvalue weighted by Crippen LogP contribution is -2.49. The van der Waals surface area contributed by atoms with Crippen LogP contribution in [0.5, 0.6) is 5.75 Å². The van der Waals surface area contributed by atoms with Gasteiger partial charge in [-0.25, -0.2) is 4.98 Å². The quantitative estimate of drug-likeness (QED) is 0.365. The summed E-state index contributed by atoms with van der Waals surface area (Å²) in [5.41, 5.74) is 2.49. The van der Waals surface area contributed by atoms with Crippen LogP contribution in [0.1, 0.15) is 36.3 Å². The molecule has 2 aliphatic heterocycles. The van der Waals surface area contributed by atoms with E-state index in [1.807, 2.05) is 19.3 Å². The van der Waals surface area contributed by atoms with Crippen molar-refractivity contribution >= 4 is 35.8 Å². The monoisotopic (exact) mass is 521 g/mol. The van der Waals surface area contributed by atoms with Gasteiger partial charge in [0.15, 0.2) is 5.96 Å². The Morgan fingerprint density at radius 2 is 1.97 bits per heavy atom. The summed E-state index contributed by atoms with van der Waals surface area (Å²) in [5.74, 6) is 3.44. The number of nitrogens with one attached hydrogen (secondary N) is 2. The predicted octanol–water partition coefficient (Wildman–Crippen LogP) is 3.71. The maximum Gasteiger partial charge on any atom is 0.191 e. The lowest BCUT2D eigenvalue weighted by Gasteiger charge is -2.34. The number of anilines is 1. The van der Waals surface area contributed by atoms with Crippen molar-refractivity contribution in [2.45, 2.75) is 38.1 Å². The number of halogens is 1. The molecule has 0 aliphatic carbocycles. The van der Waals surface area contributed by atoms with Crippen molar-refractivity contribution in [3.8, 4) is 5.75 Å². The van der Waals surface area contributed by atoms with E-state index in [1.165, 1.54) is 11.1 Å². The van der Waals surface area contributed by atoms with Crippen molar-refractivity contribution in [2.75, 3.05) is 38.2 Å². The maximum absolute atomic E-state index is 5.78. The van der Waals surface area contributed by atoms with Gasteiger partial charge in [0.05, 0.1) is 6.61 Å². The third-order valence-electron chi connectivity index (χ3n) is 5.88. The summed E-state index contributed by atoms with van der Waals surface area (Å²) in [6.45, 7) is 5.74. The number of aliphatic imine (C=N–C) groups is 1. The first-order chi connectivity index (χ1) is 14.2. The molecule has 2 N–H and O–H groups in total. The zero-order valence-electron chi connectivity index (χ0n) is 17.8. The van der Waals surface area contributed by atoms with E-state index in [0.29, 0.717) is 12.0 Å². The molecule has 2 aliphatic rings. The number of hydrogen-bond donors (Lipinski definition) is 2. The molecule has 0 radical (unpaired) electrons. The van der Waals surface area contributed by atoms with Gasteiger partial charge in [-0.1, -0.05) is 24.3 Å². The number of benzene rings is 1. The molecular weight excluding hydrogens is 489 g/mol. The summed E-state index contributed by atoms with van der Waals surface area (Å²) in [6, 6.07) is 13.0. The minimum Gasteiger partial charge on any atom is -0.493 e. The first-order valence-electron chi connectivity index (χ1n) is 10.6. The van der Waals surface area contributed by atoms with E-state index in [9.17, 15) is 0 Å². The number of pyridine rings is 1. The van der Waals surface area contributed by atoms with Crippen LogP contribution >= 0.6 is 24.0 Å². The van der Waals surface area contributed by atoms with E-state index in [0.717, 1.165) is 63.0 Å². The molecule has 162 valence electrons. The number of hydrogen-bond acceptors (Lipinski definition) is 4. The van der Waals surface area contributed by atoms with E-state index in [2.05, 4.69) is 62.8 Å². The first kappa shape index (κ1) is 22.7. The number of rotatable bonds is 4. The van der Waals surface area contributed by atoms with Crippen LogP contribution in [0.15, 0.2) is 47.6 Å². The SMILES string of the molecule is CN=C(NCC1CCOc2ccccc21)NC1CCN(c2ccc(C)cn2)CC1.I. The number of ether oxygens (including phenoxy) is 1. The van der Waals surface area contributed by atoms with Gasteiger partial charge in [-0.3, -0.25) is 4.99 Å². The van der Waals surface area contributed by atoms with Gasteiger partial charge in [0.25, 0.3) is 0 Å². The molecule has 1 atom stereocenters. The molecule has 0 amide bonds. The van der Waals surface area contributed by atoms with Gasteiger partial charge in [0, 0.05) is 44.8 Å². The number of para-hydroxylation sites is 1. The minimum absolute atomic E-state index is 0. The molecule has 1 unspecified atom stereocenters. The standard InChI is InChI=1S/C23H31N5O.HI/c1-17-7-8-22(25-15-17)28-12-9-19(10-13-28)27-23(24-2)26-16-18-11-14-29-21-6-4-3-5-20(18)21;/h3-8,15,18-19H,9-14,16H2,1-2H3,(H2,24,26,27);1H. The number of aryl methyl sites for hydroxylation is 1. The van der Waals surface area contributed by atoms with E-state index >= 15 is 0 Å². The molecule has 3 heterocycles. The first-order valence-corrected chi connectivity index (χ1v) is 10.6. The summed E-state index contributed by atoms with van der Waals surface area (Å²) in [6.07, 6.45) is 5.13. The number of fused-ring (bicyclic) bond motifs is 1.